The van der Waals surface area contributed by atoms with Gasteiger partial charge in [0, 0.05) is 24.4 Å². The standard InChI is InChI=1S/C26H24ClF6NO3/c27-15-21(35)16-34-17-24(14-18-6-2-1-3-7-18,19-8-4-10-22(12-19)36-25(28,29)30)20-9-5-11-23(13-20)37-26(31,32)33/h1-13,21,34-35H,14-17H2/t21-/m0/s1. The summed E-state index contributed by atoms with van der Waals surface area (Å²) in [6, 6.07) is 19.5. The molecule has 0 bridgehead atoms. The van der Waals surface area contributed by atoms with E-state index >= 15 is 0 Å². The van der Waals surface area contributed by atoms with Crippen LogP contribution in [0.3, 0.4) is 0 Å². The summed E-state index contributed by atoms with van der Waals surface area (Å²) in [4.78, 5) is 0. The summed E-state index contributed by atoms with van der Waals surface area (Å²) in [5.74, 6) is -1.03. The lowest BCUT2D eigenvalue weighted by atomic mass is 9.70. The lowest BCUT2D eigenvalue weighted by Gasteiger charge is -2.36. The molecule has 0 radical (unpaired) electrons. The van der Waals surface area contributed by atoms with E-state index in [1.54, 1.807) is 42.5 Å². The minimum Gasteiger partial charge on any atom is -0.406 e. The molecule has 0 amide bonds. The van der Waals surface area contributed by atoms with Crippen molar-refractivity contribution < 1.29 is 40.9 Å². The van der Waals surface area contributed by atoms with E-state index in [4.69, 9.17) is 11.6 Å². The van der Waals surface area contributed by atoms with Gasteiger partial charge in [-0.15, -0.1) is 37.9 Å². The van der Waals surface area contributed by atoms with Crippen LogP contribution in [0.1, 0.15) is 16.7 Å². The minimum atomic E-state index is -4.94. The van der Waals surface area contributed by atoms with Crippen molar-refractivity contribution in [1.29, 1.82) is 0 Å². The summed E-state index contributed by atoms with van der Waals surface area (Å²) in [5.41, 5.74) is 0.250. The van der Waals surface area contributed by atoms with E-state index in [9.17, 15) is 31.4 Å². The van der Waals surface area contributed by atoms with Gasteiger partial charge in [-0.2, -0.15) is 0 Å². The Labute approximate surface area is 214 Å². The monoisotopic (exact) mass is 547 g/mol. The molecule has 3 aromatic carbocycles. The molecule has 200 valence electrons. The Balaban J connectivity index is 2.18. The Bertz CT molecular complexity index is 1080. The number of hydrogen-bond acceptors (Lipinski definition) is 4. The van der Waals surface area contributed by atoms with Crippen molar-refractivity contribution in [3.63, 3.8) is 0 Å². The third-order valence-electron chi connectivity index (χ3n) is 5.57. The molecule has 3 aromatic rings. The molecule has 2 N–H and O–H groups in total. The normalized spacial score (nSPS) is 13.3. The molecule has 0 saturated heterocycles. The molecule has 0 saturated carbocycles. The second-order valence-electron chi connectivity index (χ2n) is 8.33. The first-order valence-corrected chi connectivity index (χ1v) is 11.6. The molecule has 0 unspecified atom stereocenters. The molecule has 0 aromatic heterocycles. The number of aliphatic hydroxyl groups excluding tert-OH is 1. The first-order chi connectivity index (χ1) is 17.4. The second kappa shape index (κ2) is 12.1. The number of hydrogen-bond donors (Lipinski definition) is 2. The molecular formula is C26H24ClF6NO3. The first kappa shape index (κ1) is 28.6. The van der Waals surface area contributed by atoms with Crippen LogP contribution in [0.5, 0.6) is 11.5 Å². The van der Waals surface area contributed by atoms with Gasteiger partial charge in [0.2, 0.25) is 0 Å². The molecular weight excluding hydrogens is 524 g/mol. The summed E-state index contributed by atoms with van der Waals surface area (Å²) < 4.78 is 86.1. The molecule has 0 aliphatic rings. The Kier molecular flexibility index (Phi) is 9.33. The number of alkyl halides is 7. The van der Waals surface area contributed by atoms with Gasteiger partial charge in [0.25, 0.3) is 0 Å². The number of ether oxygens (including phenoxy) is 2. The molecule has 1 atom stereocenters. The molecule has 0 aliphatic carbocycles. The summed E-state index contributed by atoms with van der Waals surface area (Å²) in [7, 11) is 0. The van der Waals surface area contributed by atoms with Gasteiger partial charge in [0.05, 0.1) is 6.10 Å². The van der Waals surface area contributed by atoms with Crippen LogP contribution in [0.2, 0.25) is 0 Å². The van der Waals surface area contributed by atoms with Crippen LogP contribution in [0, 0.1) is 0 Å². The molecule has 4 nitrogen and oxygen atoms in total. The van der Waals surface area contributed by atoms with Crippen LogP contribution in [0.15, 0.2) is 78.9 Å². The third kappa shape index (κ3) is 8.55. The number of rotatable bonds is 11. The largest absolute Gasteiger partial charge is 0.573 e. The average Bonchev–Trinajstić information content (AvgIpc) is 2.82. The predicted molar refractivity (Wildman–Crippen MR) is 127 cm³/mol. The van der Waals surface area contributed by atoms with Gasteiger partial charge in [-0.1, -0.05) is 54.6 Å². The van der Waals surface area contributed by atoms with E-state index in [-0.39, 0.29) is 25.4 Å². The van der Waals surface area contributed by atoms with E-state index in [0.29, 0.717) is 11.1 Å². The predicted octanol–water partition coefficient (Wildman–Crippen LogP) is 6.20. The summed E-state index contributed by atoms with van der Waals surface area (Å²) in [5, 5.41) is 13.0. The highest BCUT2D eigenvalue weighted by Crippen LogP contribution is 2.39. The van der Waals surface area contributed by atoms with E-state index in [1.807, 2.05) is 0 Å². The van der Waals surface area contributed by atoms with Crippen molar-refractivity contribution in [2.24, 2.45) is 0 Å². The van der Waals surface area contributed by atoms with Gasteiger partial charge in [-0.25, -0.2) is 0 Å². The van der Waals surface area contributed by atoms with Crippen molar-refractivity contribution in [2.45, 2.75) is 30.7 Å². The van der Waals surface area contributed by atoms with Gasteiger partial charge >= 0.3 is 12.7 Å². The topological polar surface area (TPSA) is 50.7 Å². The second-order valence-corrected chi connectivity index (χ2v) is 8.64. The fourth-order valence-corrected chi connectivity index (χ4v) is 4.18. The summed E-state index contributed by atoms with van der Waals surface area (Å²) >= 11 is 5.69. The van der Waals surface area contributed by atoms with Gasteiger partial charge in [0.15, 0.2) is 0 Å². The maximum Gasteiger partial charge on any atom is 0.573 e. The van der Waals surface area contributed by atoms with Crippen molar-refractivity contribution >= 4 is 11.6 Å². The Morgan fingerprint density at radius 1 is 0.757 bits per heavy atom. The van der Waals surface area contributed by atoms with Crippen LogP contribution in [0.25, 0.3) is 0 Å². The Morgan fingerprint density at radius 2 is 1.27 bits per heavy atom. The smallest absolute Gasteiger partial charge is 0.406 e. The first-order valence-electron chi connectivity index (χ1n) is 11.1. The fourth-order valence-electron chi connectivity index (χ4n) is 4.07. The quantitative estimate of drug-likeness (QED) is 0.222. The molecule has 0 aliphatic heterocycles. The lowest BCUT2D eigenvalue weighted by molar-refractivity contribution is -0.275. The van der Waals surface area contributed by atoms with Gasteiger partial charge < -0.3 is 19.9 Å². The zero-order chi connectivity index (χ0) is 27.1. The maximum absolute atomic E-state index is 13.0. The van der Waals surface area contributed by atoms with E-state index in [2.05, 4.69) is 14.8 Å². The lowest BCUT2D eigenvalue weighted by Crippen LogP contribution is -2.43. The highest BCUT2D eigenvalue weighted by Gasteiger charge is 2.38. The minimum absolute atomic E-state index is 0.0286. The van der Waals surface area contributed by atoms with Crippen LogP contribution >= 0.6 is 11.6 Å². The van der Waals surface area contributed by atoms with E-state index in [0.717, 1.165) is 17.7 Å². The SMILES string of the molecule is O[C@@H](CCl)CNCC(Cc1ccccc1)(c1cccc(OC(F)(F)F)c1)c1cccc(OC(F)(F)F)c1. The highest BCUT2D eigenvalue weighted by molar-refractivity contribution is 6.18. The third-order valence-corrected chi connectivity index (χ3v) is 5.93. The van der Waals surface area contributed by atoms with Crippen molar-refractivity contribution in [1.82, 2.24) is 5.32 Å². The highest BCUT2D eigenvalue weighted by atomic mass is 35.5. The van der Waals surface area contributed by atoms with E-state index < -0.39 is 35.7 Å². The van der Waals surface area contributed by atoms with Crippen LogP contribution < -0.4 is 14.8 Å². The van der Waals surface area contributed by atoms with Crippen LogP contribution in [-0.4, -0.2) is 42.9 Å². The van der Waals surface area contributed by atoms with E-state index in [1.165, 1.54) is 24.3 Å². The van der Waals surface area contributed by atoms with Gasteiger partial charge in [-0.3, -0.25) is 0 Å². The molecule has 0 fully saturated rings. The maximum atomic E-state index is 13.0. The zero-order valence-electron chi connectivity index (χ0n) is 19.3. The molecule has 0 heterocycles. The summed E-state index contributed by atoms with van der Waals surface area (Å²) in [6.07, 6.45) is -10.6. The molecule has 0 spiro atoms. The number of benzene rings is 3. The fraction of sp³-hybridized carbons (Fsp3) is 0.308. The Hall–Kier alpha value is -2.95. The summed E-state index contributed by atoms with van der Waals surface area (Å²) in [6.45, 7) is 0.0678. The van der Waals surface area contributed by atoms with Crippen molar-refractivity contribution in [2.75, 3.05) is 19.0 Å². The number of aliphatic hydroxyl groups is 1. The van der Waals surface area contributed by atoms with Gasteiger partial charge in [0.1, 0.15) is 11.5 Å². The molecule has 3 rings (SSSR count). The zero-order valence-corrected chi connectivity index (χ0v) is 20.1. The van der Waals surface area contributed by atoms with Crippen molar-refractivity contribution in [3.05, 3.63) is 95.6 Å². The molecule has 37 heavy (non-hydrogen) atoms. The number of halogens is 7. The average molecular weight is 548 g/mol. The van der Waals surface area contributed by atoms with Gasteiger partial charge in [-0.05, 0) is 47.4 Å². The van der Waals surface area contributed by atoms with Crippen molar-refractivity contribution in [3.8, 4) is 11.5 Å². The van der Waals surface area contributed by atoms with Crippen LogP contribution in [-0.2, 0) is 11.8 Å². The van der Waals surface area contributed by atoms with Crippen LogP contribution in [0.4, 0.5) is 26.3 Å². The number of nitrogens with one attached hydrogen (secondary N) is 1. The Morgan fingerprint density at radius 3 is 1.73 bits per heavy atom. The molecule has 11 heteroatoms.